The molecule has 0 spiro atoms. The number of aliphatic hydroxyl groups is 2. The molecule has 2 N–H and O–H groups in total. The smallest absolute Gasteiger partial charge is 0.0863 e. The fourth-order valence-electron chi connectivity index (χ4n) is 3.47. The summed E-state index contributed by atoms with van der Waals surface area (Å²) in [5.74, 6) is 11.2. The van der Waals surface area contributed by atoms with Gasteiger partial charge in [0, 0.05) is 68.0 Å². The quantitative estimate of drug-likeness (QED) is 0.289. The Hall–Kier alpha value is 1.16. The average Bonchev–Trinajstić information content (AvgIpc) is 2.86. The van der Waals surface area contributed by atoms with E-state index < -0.39 is 12.2 Å². The fraction of sp³-hybridized carbons (Fsp3) is 0.750. The van der Waals surface area contributed by atoms with Crippen molar-refractivity contribution in [3.63, 3.8) is 0 Å². The second-order valence-corrected chi connectivity index (χ2v) is 15.6. The van der Waals surface area contributed by atoms with Gasteiger partial charge in [-0.3, -0.25) is 0 Å². The summed E-state index contributed by atoms with van der Waals surface area (Å²) in [5.41, 5.74) is 2.16. The van der Waals surface area contributed by atoms with Gasteiger partial charge in [0.25, 0.3) is 0 Å². The lowest BCUT2D eigenvalue weighted by Crippen LogP contribution is -2.21. The van der Waals surface area contributed by atoms with Crippen LogP contribution in [0.3, 0.4) is 0 Å². The van der Waals surface area contributed by atoms with E-state index in [1.54, 1.807) is 0 Å². The number of thioether (sulfide) groups is 6. The van der Waals surface area contributed by atoms with Crippen LogP contribution in [0.4, 0.5) is 0 Å². The Morgan fingerprint density at radius 1 is 0.794 bits per heavy atom. The lowest BCUT2D eigenvalue weighted by Gasteiger charge is -2.21. The van der Waals surface area contributed by atoms with Gasteiger partial charge in [0.15, 0.2) is 0 Å². The van der Waals surface area contributed by atoms with Crippen molar-refractivity contribution in [2.24, 2.45) is 0 Å². The Kier molecular flexibility index (Phi) is 16.1. The highest BCUT2D eigenvalue weighted by Crippen LogP contribution is 2.27. The van der Waals surface area contributed by atoms with Gasteiger partial charge < -0.3 is 19.7 Å². The summed E-state index contributed by atoms with van der Waals surface area (Å²) in [6, 6.07) is 8.17. The number of ether oxygens (including phenoxy) is 2. The second kappa shape index (κ2) is 18.4. The van der Waals surface area contributed by atoms with Crippen molar-refractivity contribution in [2.75, 3.05) is 70.7 Å². The van der Waals surface area contributed by atoms with Gasteiger partial charge in [-0.05, 0) is 11.1 Å². The van der Waals surface area contributed by atoms with Crippen molar-refractivity contribution < 1.29 is 19.7 Å². The van der Waals surface area contributed by atoms with Crippen LogP contribution < -0.4 is 0 Å². The molecule has 0 bridgehead atoms. The number of hydrogen-bond acceptors (Lipinski definition) is 10. The second-order valence-electron chi connectivity index (χ2n) is 8.37. The molecule has 3 rings (SSSR count). The summed E-state index contributed by atoms with van der Waals surface area (Å²) in [6.45, 7) is 1.70. The van der Waals surface area contributed by atoms with Crippen LogP contribution in [0.2, 0.25) is 0 Å². The van der Waals surface area contributed by atoms with Gasteiger partial charge in [0.05, 0.1) is 38.6 Å². The third kappa shape index (κ3) is 13.1. The van der Waals surface area contributed by atoms with Crippen molar-refractivity contribution in [3.05, 3.63) is 35.4 Å². The molecule has 2 aliphatic heterocycles. The lowest BCUT2D eigenvalue weighted by atomic mass is 10.1. The largest absolute Gasteiger partial charge is 0.390 e. The molecular weight excluding hydrogens is 545 g/mol. The van der Waals surface area contributed by atoms with Gasteiger partial charge in [-0.25, -0.2) is 0 Å². The van der Waals surface area contributed by atoms with Crippen LogP contribution in [0.15, 0.2) is 24.3 Å². The van der Waals surface area contributed by atoms with Gasteiger partial charge >= 0.3 is 0 Å². The molecule has 2 aliphatic rings. The number of hydrogen-bond donors (Lipinski definition) is 2. The van der Waals surface area contributed by atoms with E-state index in [4.69, 9.17) is 9.47 Å². The van der Waals surface area contributed by atoms with Crippen molar-refractivity contribution >= 4 is 70.6 Å². The van der Waals surface area contributed by atoms with Gasteiger partial charge in [0.1, 0.15) is 0 Å². The maximum Gasteiger partial charge on any atom is 0.0863 e. The van der Waals surface area contributed by atoms with Crippen LogP contribution in [0, 0.1) is 0 Å². The maximum absolute atomic E-state index is 10.2. The van der Waals surface area contributed by atoms with Crippen molar-refractivity contribution in [2.45, 2.75) is 35.9 Å². The Bertz CT molecular complexity index is 607. The van der Waals surface area contributed by atoms with Gasteiger partial charge in [-0.2, -0.15) is 70.6 Å². The first-order chi connectivity index (χ1) is 16.7. The van der Waals surface area contributed by atoms with Crippen molar-refractivity contribution in [1.82, 2.24) is 0 Å². The normalized spacial score (nSPS) is 23.0. The minimum absolute atomic E-state index is 0.363. The topological polar surface area (TPSA) is 58.9 Å². The van der Waals surface area contributed by atoms with Gasteiger partial charge in [0.2, 0.25) is 0 Å². The number of rotatable bonds is 16. The number of aliphatic hydroxyl groups excluding tert-OH is 2. The molecular formula is C24H38O4S6. The summed E-state index contributed by atoms with van der Waals surface area (Å²) < 4.78 is 11.5. The molecule has 2 heterocycles. The first-order valence-corrected chi connectivity index (χ1v) is 18.5. The highest BCUT2D eigenvalue weighted by Gasteiger charge is 2.16. The van der Waals surface area contributed by atoms with E-state index in [1.807, 2.05) is 65.2 Å². The standard InChI is InChI=1S/C24H38O4S6/c25-21(13-31-17-23-15-29-4-6-33-23)11-27-9-19-2-1-3-20(8-19)10-28-12-22(26)14-32-18-24-16-30-5-7-34-24/h1-3,8,21-26H,4-7,9-18H2. The Labute approximate surface area is 231 Å². The Morgan fingerprint density at radius 3 is 1.74 bits per heavy atom. The van der Waals surface area contributed by atoms with Crippen LogP contribution >= 0.6 is 70.6 Å². The average molecular weight is 583 g/mol. The summed E-state index contributed by atoms with van der Waals surface area (Å²) in [5, 5.41) is 21.9. The van der Waals surface area contributed by atoms with E-state index in [2.05, 4.69) is 29.6 Å². The molecule has 4 nitrogen and oxygen atoms in total. The molecule has 34 heavy (non-hydrogen) atoms. The molecule has 4 unspecified atom stereocenters. The molecule has 4 atom stereocenters. The van der Waals surface area contributed by atoms with Crippen molar-refractivity contribution in [1.29, 1.82) is 0 Å². The van der Waals surface area contributed by atoms with Crippen LogP contribution in [-0.4, -0.2) is 104 Å². The summed E-state index contributed by atoms with van der Waals surface area (Å²) in [4.78, 5) is 0. The summed E-state index contributed by atoms with van der Waals surface area (Å²) in [6.07, 6.45) is -0.847. The molecule has 2 saturated heterocycles. The predicted octanol–water partition coefficient (Wildman–Crippen LogP) is 4.61. The monoisotopic (exact) mass is 582 g/mol. The molecule has 0 aliphatic carbocycles. The summed E-state index contributed by atoms with van der Waals surface area (Å²) >= 11 is 11.9. The molecule has 194 valence electrons. The molecule has 2 fully saturated rings. The third-order valence-corrected chi connectivity index (χ3v) is 13.8. The Morgan fingerprint density at radius 2 is 1.29 bits per heavy atom. The lowest BCUT2D eigenvalue weighted by molar-refractivity contribution is 0.0377. The zero-order chi connectivity index (χ0) is 23.8. The third-order valence-electron chi connectivity index (χ3n) is 5.15. The number of benzene rings is 1. The van der Waals surface area contributed by atoms with Crippen molar-refractivity contribution in [3.8, 4) is 0 Å². The van der Waals surface area contributed by atoms with E-state index >= 15 is 0 Å². The van der Waals surface area contributed by atoms with Crippen LogP contribution in [-0.2, 0) is 22.7 Å². The highest BCUT2D eigenvalue weighted by molar-refractivity contribution is 8.08. The molecule has 0 aromatic heterocycles. The molecule has 0 saturated carbocycles. The first-order valence-electron chi connectivity index (χ1n) is 11.8. The molecule has 10 heteroatoms. The molecule has 1 aromatic rings. The zero-order valence-electron chi connectivity index (χ0n) is 19.7. The highest BCUT2D eigenvalue weighted by atomic mass is 32.2. The van der Waals surface area contributed by atoms with E-state index in [-0.39, 0.29) is 0 Å². The predicted molar refractivity (Wildman–Crippen MR) is 160 cm³/mol. The van der Waals surface area contributed by atoms with E-state index in [0.717, 1.165) is 44.6 Å². The van der Waals surface area contributed by atoms with E-state index in [1.165, 1.54) is 34.5 Å². The van der Waals surface area contributed by atoms with E-state index in [0.29, 0.717) is 26.4 Å². The van der Waals surface area contributed by atoms with Crippen LogP contribution in [0.1, 0.15) is 11.1 Å². The SMILES string of the molecule is OC(COCc1cccc(COCC(O)CSCC2CSCCS2)c1)CSCC1CSCCS1. The van der Waals surface area contributed by atoms with E-state index in [9.17, 15) is 10.2 Å². The minimum Gasteiger partial charge on any atom is -0.390 e. The van der Waals surface area contributed by atoms with Crippen LogP contribution in [0.25, 0.3) is 0 Å². The minimum atomic E-state index is -0.424. The fourth-order valence-corrected chi connectivity index (χ4v) is 11.7. The maximum atomic E-state index is 10.2. The van der Waals surface area contributed by atoms with Crippen LogP contribution in [0.5, 0.6) is 0 Å². The molecule has 1 aromatic carbocycles. The molecule has 0 radical (unpaired) electrons. The zero-order valence-corrected chi connectivity index (χ0v) is 24.6. The van der Waals surface area contributed by atoms with Gasteiger partial charge in [-0.1, -0.05) is 24.3 Å². The van der Waals surface area contributed by atoms with Gasteiger partial charge in [-0.15, -0.1) is 0 Å². The Balaban J connectivity index is 1.22. The molecule has 0 amide bonds. The first kappa shape index (κ1) is 29.7. The summed E-state index contributed by atoms with van der Waals surface area (Å²) in [7, 11) is 0.